The average Bonchev–Trinajstić information content (AvgIpc) is 2.61. The first-order valence-electron chi connectivity index (χ1n) is 8.97. The molecule has 0 radical (unpaired) electrons. The number of benzene rings is 1. The summed E-state index contributed by atoms with van der Waals surface area (Å²) in [5.74, 6) is -0.333. The molecule has 1 amide bonds. The Morgan fingerprint density at radius 1 is 1.18 bits per heavy atom. The van der Waals surface area contributed by atoms with Gasteiger partial charge in [-0.3, -0.25) is 9.69 Å². The van der Waals surface area contributed by atoms with Gasteiger partial charge in [0.2, 0.25) is 6.41 Å². The summed E-state index contributed by atoms with van der Waals surface area (Å²) in [4.78, 5) is 13.7. The number of nitrogens with zero attached hydrogens (tertiary/aromatic N) is 2. The van der Waals surface area contributed by atoms with Crippen LogP contribution in [0.1, 0.15) is 25.8 Å². The highest BCUT2D eigenvalue weighted by Crippen LogP contribution is 2.44. The van der Waals surface area contributed by atoms with Crippen molar-refractivity contribution in [1.82, 2.24) is 9.80 Å². The number of piperazine rings is 1. The Kier molecular flexibility index (Phi) is 6.60. The number of ether oxygens (including phenoxy) is 1. The molecule has 1 aliphatic heterocycles. The third-order valence-corrected chi connectivity index (χ3v) is 5.19. The molecular formula is C19H26F4N2O3. The maximum absolute atomic E-state index is 13.9. The van der Waals surface area contributed by atoms with Crippen molar-refractivity contribution in [1.29, 1.82) is 0 Å². The fourth-order valence-electron chi connectivity index (χ4n) is 3.68. The SMILES string of the molecule is COc1ccc(F)cc1C(C)(C)CC(O)(CN1CCN(C=O)CC1)C(F)(F)F. The van der Waals surface area contributed by atoms with Crippen LogP contribution in [0.5, 0.6) is 5.75 Å². The van der Waals surface area contributed by atoms with Crippen molar-refractivity contribution in [3.8, 4) is 5.75 Å². The molecule has 2 rings (SSSR count). The van der Waals surface area contributed by atoms with E-state index in [1.54, 1.807) is 0 Å². The van der Waals surface area contributed by atoms with Crippen LogP contribution in [-0.2, 0) is 10.2 Å². The van der Waals surface area contributed by atoms with E-state index in [1.165, 1.54) is 42.9 Å². The van der Waals surface area contributed by atoms with Gasteiger partial charge in [-0.25, -0.2) is 4.39 Å². The lowest BCUT2D eigenvalue weighted by Crippen LogP contribution is -2.59. The second-order valence-electron chi connectivity index (χ2n) is 7.85. The number of hydrogen-bond acceptors (Lipinski definition) is 4. The second-order valence-corrected chi connectivity index (χ2v) is 7.85. The Balaban J connectivity index is 2.28. The van der Waals surface area contributed by atoms with E-state index in [0.717, 1.165) is 6.07 Å². The lowest BCUT2D eigenvalue weighted by molar-refractivity contribution is -0.272. The molecule has 1 fully saturated rings. The standard InChI is InChI=1S/C19H26F4N2O3/c1-17(2,15-10-14(20)4-5-16(15)28-3)11-18(27,19(21,22)23)12-24-6-8-25(13-26)9-7-24/h4-5,10,13,27H,6-9,11-12H2,1-3H3. The number of amides is 1. The van der Waals surface area contributed by atoms with Gasteiger partial charge in [-0.05, 0) is 30.0 Å². The smallest absolute Gasteiger partial charge is 0.418 e. The molecule has 9 heteroatoms. The fourth-order valence-corrected chi connectivity index (χ4v) is 3.68. The number of aliphatic hydroxyl groups is 1. The van der Waals surface area contributed by atoms with Gasteiger partial charge in [-0.1, -0.05) is 13.8 Å². The number of alkyl halides is 3. The van der Waals surface area contributed by atoms with Crippen molar-refractivity contribution in [3.05, 3.63) is 29.6 Å². The van der Waals surface area contributed by atoms with E-state index < -0.39 is 36.0 Å². The van der Waals surface area contributed by atoms with E-state index in [1.807, 2.05) is 0 Å². The molecular weight excluding hydrogens is 380 g/mol. The first-order chi connectivity index (χ1) is 12.9. The third kappa shape index (κ3) is 4.94. The second kappa shape index (κ2) is 8.24. The monoisotopic (exact) mass is 406 g/mol. The van der Waals surface area contributed by atoms with E-state index in [0.29, 0.717) is 19.5 Å². The van der Waals surface area contributed by atoms with Gasteiger partial charge in [0.05, 0.1) is 7.11 Å². The number of carbonyl (C=O) groups excluding carboxylic acids is 1. The molecule has 0 aliphatic carbocycles. The highest BCUT2D eigenvalue weighted by molar-refractivity contribution is 5.47. The van der Waals surface area contributed by atoms with Crippen LogP contribution in [0.4, 0.5) is 17.6 Å². The maximum atomic E-state index is 13.9. The molecule has 28 heavy (non-hydrogen) atoms. The summed E-state index contributed by atoms with van der Waals surface area (Å²) in [6.07, 6.45) is -4.89. The van der Waals surface area contributed by atoms with Crippen molar-refractivity contribution < 1.29 is 32.2 Å². The van der Waals surface area contributed by atoms with Gasteiger partial charge in [-0.2, -0.15) is 13.2 Å². The van der Waals surface area contributed by atoms with Crippen LogP contribution in [0.15, 0.2) is 18.2 Å². The minimum absolute atomic E-state index is 0.237. The van der Waals surface area contributed by atoms with E-state index in [4.69, 9.17) is 4.74 Å². The molecule has 1 heterocycles. The van der Waals surface area contributed by atoms with Gasteiger partial charge in [0.1, 0.15) is 11.6 Å². The predicted molar refractivity (Wildman–Crippen MR) is 95.7 cm³/mol. The zero-order valence-corrected chi connectivity index (χ0v) is 16.2. The molecule has 0 saturated carbocycles. The lowest BCUT2D eigenvalue weighted by Gasteiger charge is -2.42. The topological polar surface area (TPSA) is 53.0 Å². The van der Waals surface area contributed by atoms with Crippen LogP contribution in [0, 0.1) is 5.82 Å². The van der Waals surface area contributed by atoms with E-state index in [-0.39, 0.29) is 24.4 Å². The van der Waals surface area contributed by atoms with Gasteiger partial charge in [0.25, 0.3) is 0 Å². The Hall–Kier alpha value is -1.87. The lowest BCUT2D eigenvalue weighted by atomic mass is 9.74. The van der Waals surface area contributed by atoms with E-state index in [2.05, 4.69) is 0 Å². The van der Waals surface area contributed by atoms with Gasteiger partial charge < -0.3 is 14.7 Å². The molecule has 1 N–H and O–H groups in total. The summed E-state index contributed by atoms with van der Waals surface area (Å²) >= 11 is 0. The van der Waals surface area contributed by atoms with Crippen LogP contribution in [-0.4, -0.2) is 72.9 Å². The van der Waals surface area contributed by atoms with E-state index in [9.17, 15) is 27.5 Å². The maximum Gasteiger partial charge on any atom is 0.418 e. The first kappa shape index (κ1) is 22.4. The van der Waals surface area contributed by atoms with Crippen molar-refractivity contribution in [2.24, 2.45) is 0 Å². The average molecular weight is 406 g/mol. The minimum Gasteiger partial charge on any atom is -0.496 e. The van der Waals surface area contributed by atoms with Crippen molar-refractivity contribution >= 4 is 6.41 Å². The van der Waals surface area contributed by atoms with Gasteiger partial charge in [-0.15, -0.1) is 0 Å². The van der Waals surface area contributed by atoms with Crippen molar-refractivity contribution in [3.63, 3.8) is 0 Å². The molecule has 1 aromatic rings. The Labute approximate surface area is 161 Å². The quantitative estimate of drug-likeness (QED) is 0.559. The number of carbonyl (C=O) groups is 1. The van der Waals surface area contributed by atoms with Crippen LogP contribution < -0.4 is 4.74 Å². The molecule has 1 aromatic carbocycles. The molecule has 158 valence electrons. The summed E-state index contributed by atoms with van der Waals surface area (Å²) in [6.45, 7) is 3.50. The highest BCUT2D eigenvalue weighted by atomic mass is 19.4. The normalized spacial score (nSPS) is 18.6. The predicted octanol–water partition coefficient (Wildman–Crippen LogP) is 2.57. The van der Waals surface area contributed by atoms with Crippen LogP contribution in [0.25, 0.3) is 0 Å². The zero-order chi connectivity index (χ0) is 21.2. The number of halogens is 4. The summed E-state index contributed by atoms with van der Waals surface area (Å²) in [5, 5.41) is 10.7. The highest BCUT2D eigenvalue weighted by Gasteiger charge is 2.56. The van der Waals surface area contributed by atoms with Crippen LogP contribution in [0.3, 0.4) is 0 Å². The van der Waals surface area contributed by atoms with Crippen molar-refractivity contribution in [2.75, 3.05) is 39.8 Å². The molecule has 1 aliphatic rings. The van der Waals surface area contributed by atoms with Gasteiger partial charge in [0.15, 0.2) is 5.60 Å². The van der Waals surface area contributed by atoms with Crippen LogP contribution >= 0.6 is 0 Å². The molecule has 0 bridgehead atoms. The fraction of sp³-hybridized carbons (Fsp3) is 0.632. The van der Waals surface area contributed by atoms with E-state index >= 15 is 0 Å². The molecule has 1 saturated heterocycles. The van der Waals surface area contributed by atoms with Crippen molar-refractivity contribution in [2.45, 2.75) is 37.5 Å². The van der Waals surface area contributed by atoms with Gasteiger partial charge in [0, 0.05) is 38.3 Å². The number of methoxy groups -OCH3 is 1. The van der Waals surface area contributed by atoms with Gasteiger partial charge >= 0.3 is 6.18 Å². The summed E-state index contributed by atoms with van der Waals surface area (Å²) in [7, 11) is 1.36. The minimum atomic E-state index is -4.88. The zero-order valence-electron chi connectivity index (χ0n) is 16.2. The first-order valence-corrected chi connectivity index (χ1v) is 8.97. The summed E-state index contributed by atoms with van der Waals surface area (Å²) in [5.41, 5.74) is -3.97. The molecule has 1 unspecified atom stereocenters. The molecule has 0 spiro atoms. The largest absolute Gasteiger partial charge is 0.496 e. The molecule has 0 aromatic heterocycles. The third-order valence-electron chi connectivity index (χ3n) is 5.19. The Morgan fingerprint density at radius 2 is 1.79 bits per heavy atom. The molecule has 5 nitrogen and oxygen atoms in total. The number of rotatable bonds is 7. The number of β-amino-alcohol motifs (C(OH)–C–C–N with tert-alkyl or cyclic N) is 1. The Morgan fingerprint density at radius 3 is 2.29 bits per heavy atom. The number of hydrogen-bond donors (Lipinski definition) is 1. The summed E-state index contributed by atoms with van der Waals surface area (Å²) < 4.78 is 60.5. The molecule has 1 atom stereocenters. The Bertz CT molecular complexity index is 688. The van der Waals surface area contributed by atoms with Crippen LogP contribution in [0.2, 0.25) is 0 Å². The summed E-state index contributed by atoms with van der Waals surface area (Å²) in [6, 6.07) is 3.66.